The molecule has 2 N–H and O–H groups in total. The van der Waals surface area contributed by atoms with Crippen LogP contribution in [0.3, 0.4) is 0 Å². The Morgan fingerprint density at radius 2 is 1.91 bits per heavy atom. The number of nitrogens with zero attached hydrogens (tertiary/aromatic N) is 2. The monoisotopic (exact) mass is 323 g/mol. The van der Waals surface area contributed by atoms with Crippen molar-refractivity contribution < 1.29 is 18.0 Å². The molecule has 2 rings (SSSR count). The van der Waals surface area contributed by atoms with E-state index in [-0.39, 0.29) is 5.56 Å². The van der Waals surface area contributed by atoms with Crippen LogP contribution in [0.25, 0.3) is 0 Å². The average Bonchev–Trinajstić information content (AvgIpc) is 2.53. The Morgan fingerprint density at radius 3 is 2.52 bits per heavy atom. The van der Waals surface area contributed by atoms with Gasteiger partial charge in [0.2, 0.25) is 5.91 Å². The number of carbonyl (C=O) groups is 1. The van der Waals surface area contributed by atoms with Crippen LogP contribution in [0.2, 0.25) is 0 Å². The third-order valence-electron chi connectivity index (χ3n) is 3.38. The molecule has 0 saturated heterocycles. The van der Waals surface area contributed by atoms with E-state index in [1.54, 1.807) is 31.6 Å². The second-order valence-electron chi connectivity index (χ2n) is 5.15. The lowest BCUT2D eigenvalue weighted by atomic mass is 10.0. The standard InChI is InChI=1S/C16H16F3N3O/c1-22(10-11-5-7-21-8-6-11)15(23)14(20)12-3-2-4-13(9-12)16(17,18)19/h2-9,14H,10,20H2,1H3. The Labute approximate surface area is 131 Å². The van der Waals surface area contributed by atoms with Gasteiger partial charge in [-0.1, -0.05) is 12.1 Å². The van der Waals surface area contributed by atoms with Gasteiger partial charge in [-0.2, -0.15) is 13.2 Å². The Morgan fingerprint density at radius 1 is 1.26 bits per heavy atom. The van der Waals surface area contributed by atoms with Gasteiger partial charge in [-0.3, -0.25) is 9.78 Å². The summed E-state index contributed by atoms with van der Waals surface area (Å²) in [6.07, 6.45) is -1.28. The van der Waals surface area contributed by atoms with Gasteiger partial charge < -0.3 is 10.6 Å². The lowest BCUT2D eigenvalue weighted by molar-refractivity contribution is -0.138. The van der Waals surface area contributed by atoms with E-state index in [1.807, 2.05) is 0 Å². The highest BCUT2D eigenvalue weighted by Crippen LogP contribution is 2.30. The van der Waals surface area contributed by atoms with Crippen LogP contribution in [0, 0.1) is 0 Å². The van der Waals surface area contributed by atoms with E-state index in [2.05, 4.69) is 4.98 Å². The van der Waals surface area contributed by atoms with Crippen LogP contribution in [0.1, 0.15) is 22.7 Å². The Balaban J connectivity index is 2.13. The highest BCUT2D eigenvalue weighted by Gasteiger charge is 2.31. The number of halogens is 3. The van der Waals surface area contributed by atoms with Crippen molar-refractivity contribution in [2.45, 2.75) is 18.8 Å². The van der Waals surface area contributed by atoms with Gasteiger partial charge in [-0.25, -0.2) is 0 Å². The minimum atomic E-state index is -4.47. The number of hydrogen-bond acceptors (Lipinski definition) is 3. The molecule has 0 spiro atoms. The maximum absolute atomic E-state index is 12.7. The van der Waals surface area contributed by atoms with E-state index >= 15 is 0 Å². The molecule has 0 saturated carbocycles. The molecule has 7 heteroatoms. The van der Waals surface area contributed by atoms with E-state index in [4.69, 9.17) is 5.73 Å². The number of nitrogens with two attached hydrogens (primary N) is 1. The number of likely N-dealkylation sites (N-methyl/N-ethyl adjacent to an activating group) is 1. The second-order valence-corrected chi connectivity index (χ2v) is 5.15. The van der Waals surface area contributed by atoms with Crippen molar-refractivity contribution in [3.8, 4) is 0 Å². The molecule has 1 atom stereocenters. The number of aromatic nitrogens is 1. The summed E-state index contributed by atoms with van der Waals surface area (Å²) in [7, 11) is 1.55. The highest BCUT2D eigenvalue weighted by atomic mass is 19.4. The molecule has 1 heterocycles. The summed E-state index contributed by atoms with van der Waals surface area (Å²) < 4.78 is 38.2. The quantitative estimate of drug-likeness (QED) is 0.941. The van der Waals surface area contributed by atoms with Crippen LogP contribution in [0.4, 0.5) is 13.2 Å². The number of hydrogen-bond donors (Lipinski definition) is 1. The first-order chi connectivity index (χ1) is 10.8. The minimum Gasteiger partial charge on any atom is -0.340 e. The van der Waals surface area contributed by atoms with Crippen LogP contribution in [-0.2, 0) is 17.5 Å². The number of rotatable bonds is 4. The molecule has 4 nitrogen and oxygen atoms in total. The summed E-state index contributed by atoms with van der Waals surface area (Å²) in [5.41, 5.74) is 6.00. The van der Waals surface area contributed by atoms with Gasteiger partial charge in [0.05, 0.1) is 5.56 Å². The van der Waals surface area contributed by atoms with E-state index in [0.717, 1.165) is 17.7 Å². The fourth-order valence-corrected chi connectivity index (χ4v) is 2.13. The largest absolute Gasteiger partial charge is 0.416 e. The Bertz CT molecular complexity index is 674. The van der Waals surface area contributed by atoms with Crippen molar-refractivity contribution in [3.63, 3.8) is 0 Å². The zero-order valence-electron chi connectivity index (χ0n) is 12.4. The zero-order valence-corrected chi connectivity index (χ0v) is 12.4. The average molecular weight is 323 g/mol. The topological polar surface area (TPSA) is 59.2 Å². The maximum Gasteiger partial charge on any atom is 0.416 e. The molecular weight excluding hydrogens is 307 g/mol. The molecule has 1 aromatic carbocycles. The van der Waals surface area contributed by atoms with Crippen LogP contribution >= 0.6 is 0 Å². The number of pyridine rings is 1. The van der Waals surface area contributed by atoms with Gasteiger partial charge in [0.1, 0.15) is 6.04 Å². The predicted molar refractivity (Wildman–Crippen MR) is 79.1 cm³/mol. The predicted octanol–water partition coefficient (Wildman–Crippen LogP) is 2.76. The first-order valence-corrected chi connectivity index (χ1v) is 6.85. The summed E-state index contributed by atoms with van der Waals surface area (Å²) in [4.78, 5) is 17.6. The third-order valence-corrected chi connectivity index (χ3v) is 3.38. The van der Waals surface area contributed by atoms with Crippen molar-refractivity contribution >= 4 is 5.91 Å². The summed E-state index contributed by atoms with van der Waals surface area (Å²) in [5.74, 6) is -0.457. The maximum atomic E-state index is 12.7. The first-order valence-electron chi connectivity index (χ1n) is 6.85. The van der Waals surface area contributed by atoms with Gasteiger partial charge in [0.25, 0.3) is 0 Å². The lowest BCUT2D eigenvalue weighted by Gasteiger charge is -2.22. The molecule has 1 unspecified atom stereocenters. The molecule has 122 valence electrons. The molecule has 1 amide bonds. The molecular formula is C16H16F3N3O. The van der Waals surface area contributed by atoms with Crippen LogP contribution in [0.15, 0.2) is 48.8 Å². The van der Waals surface area contributed by atoms with Gasteiger partial charge >= 0.3 is 6.18 Å². The Kier molecular flexibility index (Phi) is 5.00. The summed E-state index contributed by atoms with van der Waals surface area (Å²) in [6.45, 7) is 0.300. The van der Waals surface area contributed by atoms with E-state index in [0.29, 0.717) is 6.54 Å². The first kappa shape index (κ1) is 17.0. The van der Waals surface area contributed by atoms with Crippen molar-refractivity contribution in [1.82, 2.24) is 9.88 Å². The third kappa shape index (κ3) is 4.29. The summed E-state index contributed by atoms with van der Waals surface area (Å²) in [6, 6.07) is 6.86. The fraction of sp³-hybridized carbons (Fsp3) is 0.250. The summed E-state index contributed by atoms with van der Waals surface area (Å²) in [5, 5.41) is 0. The number of carbonyl (C=O) groups excluding carboxylic acids is 1. The van der Waals surface area contributed by atoms with Gasteiger partial charge in [-0.15, -0.1) is 0 Å². The molecule has 1 aromatic heterocycles. The van der Waals surface area contributed by atoms with Crippen LogP contribution < -0.4 is 5.73 Å². The number of amides is 1. The summed E-state index contributed by atoms with van der Waals surface area (Å²) >= 11 is 0. The zero-order chi connectivity index (χ0) is 17.0. The Hall–Kier alpha value is -2.41. The van der Waals surface area contributed by atoms with Crippen molar-refractivity contribution in [1.29, 1.82) is 0 Å². The number of benzene rings is 1. The lowest BCUT2D eigenvalue weighted by Crippen LogP contribution is -2.35. The van der Waals surface area contributed by atoms with Crippen molar-refractivity contribution in [3.05, 3.63) is 65.5 Å². The molecule has 0 aliphatic carbocycles. The van der Waals surface area contributed by atoms with Gasteiger partial charge in [0.15, 0.2) is 0 Å². The SMILES string of the molecule is CN(Cc1ccncc1)C(=O)C(N)c1cccc(C(F)(F)F)c1. The van der Waals surface area contributed by atoms with Gasteiger partial charge in [-0.05, 0) is 35.4 Å². The molecule has 0 radical (unpaired) electrons. The molecule has 23 heavy (non-hydrogen) atoms. The fourth-order valence-electron chi connectivity index (χ4n) is 2.13. The normalized spacial score (nSPS) is 12.7. The molecule has 0 aliphatic rings. The van der Waals surface area contributed by atoms with E-state index in [9.17, 15) is 18.0 Å². The molecule has 0 fully saturated rings. The van der Waals surface area contributed by atoms with Crippen molar-refractivity contribution in [2.75, 3.05) is 7.05 Å². The molecule has 2 aromatic rings. The second kappa shape index (κ2) is 6.78. The van der Waals surface area contributed by atoms with E-state index in [1.165, 1.54) is 17.0 Å². The highest BCUT2D eigenvalue weighted by molar-refractivity contribution is 5.82. The van der Waals surface area contributed by atoms with Crippen LogP contribution in [0.5, 0.6) is 0 Å². The van der Waals surface area contributed by atoms with Crippen LogP contribution in [-0.4, -0.2) is 22.8 Å². The van der Waals surface area contributed by atoms with E-state index < -0.39 is 23.7 Å². The molecule has 0 aliphatic heterocycles. The smallest absolute Gasteiger partial charge is 0.340 e. The van der Waals surface area contributed by atoms with Crippen molar-refractivity contribution in [2.24, 2.45) is 5.73 Å². The molecule has 0 bridgehead atoms. The number of alkyl halides is 3. The minimum absolute atomic E-state index is 0.131. The van der Waals surface area contributed by atoms with Gasteiger partial charge in [0, 0.05) is 26.0 Å².